The molecular formula is C16H26N4O3S. The van der Waals surface area contributed by atoms with E-state index in [2.05, 4.69) is 9.88 Å². The average Bonchev–Trinajstić information content (AvgIpc) is 3.28. The van der Waals surface area contributed by atoms with Gasteiger partial charge >= 0.3 is 0 Å². The van der Waals surface area contributed by atoms with Crippen molar-refractivity contribution >= 4 is 10.0 Å². The maximum absolute atomic E-state index is 12.7. The second kappa shape index (κ2) is 6.09. The summed E-state index contributed by atoms with van der Waals surface area (Å²) < 4.78 is 34.8. The summed E-state index contributed by atoms with van der Waals surface area (Å²) in [5.41, 5.74) is -0.122. The smallest absolute Gasteiger partial charge is 0.262 e. The van der Waals surface area contributed by atoms with E-state index in [0.29, 0.717) is 19.1 Å². The Hall–Kier alpha value is -0.960. The molecule has 1 spiro atoms. The largest absolute Gasteiger partial charge is 0.373 e. The third kappa shape index (κ3) is 2.89. The molecule has 0 aromatic carbocycles. The number of piperidine rings is 1. The molecule has 0 amide bonds. The fourth-order valence-corrected chi connectivity index (χ4v) is 5.71. The zero-order valence-corrected chi connectivity index (χ0v) is 15.0. The highest BCUT2D eigenvalue weighted by Crippen LogP contribution is 2.39. The maximum atomic E-state index is 12.7. The number of hydrogen-bond donors (Lipinski definition) is 0. The first-order valence-electron chi connectivity index (χ1n) is 8.85. The Morgan fingerprint density at radius 3 is 2.54 bits per heavy atom. The van der Waals surface area contributed by atoms with Crippen molar-refractivity contribution in [1.82, 2.24) is 18.8 Å². The minimum Gasteiger partial charge on any atom is -0.373 e. The Morgan fingerprint density at radius 2 is 1.92 bits per heavy atom. The van der Waals surface area contributed by atoms with Gasteiger partial charge in [-0.3, -0.25) is 4.90 Å². The van der Waals surface area contributed by atoms with E-state index < -0.39 is 10.0 Å². The van der Waals surface area contributed by atoms with Crippen LogP contribution in [0.4, 0.5) is 0 Å². The first kappa shape index (κ1) is 16.5. The van der Waals surface area contributed by atoms with E-state index in [1.165, 1.54) is 32.3 Å². The minimum atomic E-state index is -3.48. The molecule has 134 valence electrons. The van der Waals surface area contributed by atoms with E-state index in [9.17, 15) is 8.42 Å². The number of aryl methyl sites for hydroxylation is 1. The molecule has 24 heavy (non-hydrogen) atoms. The van der Waals surface area contributed by atoms with Crippen LogP contribution in [0.3, 0.4) is 0 Å². The third-order valence-electron chi connectivity index (χ3n) is 5.77. The fourth-order valence-electron chi connectivity index (χ4n) is 4.30. The van der Waals surface area contributed by atoms with Crippen molar-refractivity contribution in [2.45, 2.75) is 48.8 Å². The molecule has 3 fully saturated rings. The molecule has 3 saturated heterocycles. The van der Waals surface area contributed by atoms with Gasteiger partial charge in [0.2, 0.25) is 0 Å². The van der Waals surface area contributed by atoms with Crippen molar-refractivity contribution in [3.63, 3.8) is 0 Å². The van der Waals surface area contributed by atoms with Crippen LogP contribution in [0.15, 0.2) is 17.6 Å². The van der Waals surface area contributed by atoms with Gasteiger partial charge in [0, 0.05) is 32.4 Å². The zero-order valence-electron chi connectivity index (χ0n) is 14.2. The van der Waals surface area contributed by atoms with E-state index in [4.69, 9.17) is 4.74 Å². The molecule has 8 heteroatoms. The lowest BCUT2D eigenvalue weighted by molar-refractivity contribution is -0.0316. The molecule has 0 aliphatic carbocycles. The number of ether oxygens (including phenoxy) is 1. The molecule has 0 unspecified atom stereocenters. The van der Waals surface area contributed by atoms with Crippen LogP contribution >= 0.6 is 0 Å². The summed E-state index contributed by atoms with van der Waals surface area (Å²) in [6.45, 7) is 4.21. The monoisotopic (exact) mass is 354 g/mol. The predicted octanol–water partition coefficient (Wildman–Crippen LogP) is 0.828. The maximum Gasteiger partial charge on any atom is 0.262 e. The summed E-state index contributed by atoms with van der Waals surface area (Å²) in [6, 6.07) is 0.520. The number of aromatic nitrogens is 2. The van der Waals surface area contributed by atoms with Crippen molar-refractivity contribution in [1.29, 1.82) is 0 Å². The molecule has 0 bridgehead atoms. The third-order valence-corrected chi connectivity index (χ3v) is 7.55. The Bertz CT molecular complexity index is 688. The summed E-state index contributed by atoms with van der Waals surface area (Å²) in [5.74, 6) is 0. The molecule has 1 aromatic rings. The van der Waals surface area contributed by atoms with E-state index in [1.807, 2.05) is 0 Å². The molecule has 0 saturated carbocycles. The van der Waals surface area contributed by atoms with E-state index in [1.54, 1.807) is 22.1 Å². The molecule has 3 aliphatic heterocycles. The van der Waals surface area contributed by atoms with Gasteiger partial charge in [0.05, 0.1) is 18.5 Å². The van der Waals surface area contributed by atoms with Gasteiger partial charge in [-0.25, -0.2) is 13.4 Å². The van der Waals surface area contributed by atoms with Crippen LogP contribution in [0.5, 0.6) is 0 Å². The van der Waals surface area contributed by atoms with Crippen molar-refractivity contribution in [2.75, 3.05) is 32.8 Å². The lowest BCUT2D eigenvalue weighted by Gasteiger charge is -2.38. The predicted molar refractivity (Wildman–Crippen MR) is 89.1 cm³/mol. The van der Waals surface area contributed by atoms with Crippen molar-refractivity contribution < 1.29 is 13.2 Å². The Morgan fingerprint density at radius 1 is 1.21 bits per heavy atom. The molecule has 7 nitrogen and oxygen atoms in total. The standard InChI is InChI=1S/C16H26N4O3S/c1-18-11-15(17-13-18)24(21,22)20-8-4-16(5-9-20)10-14(12-23-16)19-6-2-3-7-19/h11,13-14H,2-10,12H2,1H3/t14-/m1/s1. The van der Waals surface area contributed by atoms with Gasteiger partial charge in [-0.1, -0.05) is 0 Å². The molecule has 1 aromatic heterocycles. The highest BCUT2D eigenvalue weighted by molar-refractivity contribution is 7.89. The van der Waals surface area contributed by atoms with E-state index >= 15 is 0 Å². The van der Waals surface area contributed by atoms with Gasteiger partial charge in [0.1, 0.15) is 0 Å². The van der Waals surface area contributed by atoms with Crippen LogP contribution in [0.25, 0.3) is 0 Å². The number of likely N-dealkylation sites (tertiary alicyclic amines) is 1. The summed E-state index contributed by atoms with van der Waals surface area (Å²) >= 11 is 0. The lowest BCUT2D eigenvalue weighted by atomic mass is 9.88. The SMILES string of the molecule is Cn1cnc(S(=O)(=O)N2CCC3(CC2)C[C@@H](N2CCCC2)CO3)c1. The summed E-state index contributed by atoms with van der Waals surface area (Å²) in [5, 5.41) is 0.142. The molecule has 1 atom stereocenters. The van der Waals surface area contributed by atoms with Crippen LogP contribution in [0, 0.1) is 0 Å². The lowest BCUT2D eigenvalue weighted by Crippen LogP contribution is -2.47. The highest BCUT2D eigenvalue weighted by atomic mass is 32.2. The van der Waals surface area contributed by atoms with Crippen LogP contribution < -0.4 is 0 Å². The topological polar surface area (TPSA) is 67.7 Å². The van der Waals surface area contributed by atoms with Crippen LogP contribution in [-0.2, 0) is 21.8 Å². The normalized spacial score (nSPS) is 28.8. The molecular weight excluding hydrogens is 328 g/mol. The highest BCUT2D eigenvalue weighted by Gasteiger charge is 2.46. The van der Waals surface area contributed by atoms with Gasteiger partial charge < -0.3 is 9.30 Å². The quantitative estimate of drug-likeness (QED) is 0.804. The van der Waals surface area contributed by atoms with Crippen LogP contribution in [0.1, 0.15) is 32.1 Å². The first-order valence-corrected chi connectivity index (χ1v) is 10.3. The average molecular weight is 354 g/mol. The van der Waals surface area contributed by atoms with Gasteiger partial charge in [0.15, 0.2) is 5.03 Å². The Kier molecular flexibility index (Phi) is 4.19. The second-order valence-corrected chi connectivity index (χ2v) is 9.26. The van der Waals surface area contributed by atoms with Crippen LogP contribution in [-0.4, -0.2) is 71.6 Å². The van der Waals surface area contributed by atoms with Crippen LogP contribution in [0.2, 0.25) is 0 Å². The zero-order chi connectivity index (χ0) is 16.8. The second-order valence-electron chi connectivity index (χ2n) is 7.38. The van der Waals surface area contributed by atoms with Gasteiger partial charge in [-0.05, 0) is 45.2 Å². The molecule has 4 heterocycles. The number of rotatable bonds is 3. The molecule has 3 aliphatic rings. The molecule has 0 N–H and O–H groups in total. The van der Waals surface area contributed by atoms with E-state index in [-0.39, 0.29) is 10.6 Å². The minimum absolute atomic E-state index is 0.122. The van der Waals surface area contributed by atoms with Crippen molar-refractivity contribution in [2.24, 2.45) is 7.05 Å². The summed E-state index contributed by atoms with van der Waals surface area (Å²) in [4.78, 5) is 6.56. The molecule has 4 rings (SSSR count). The molecule has 0 radical (unpaired) electrons. The first-order chi connectivity index (χ1) is 11.5. The summed E-state index contributed by atoms with van der Waals surface area (Å²) in [7, 11) is -1.70. The van der Waals surface area contributed by atoms with E-state index in [0.717, 1.165) is 25.9 Å². The Balaban J connectivity index is 1.40. The van der Waals surface area contributed by atoms with Gasteiger partial charge in [-0.2, -0.15) is 4.31 Å². The van der Waals surface area contributed by atoms with Crippen molar-refractivity contribution in [3.8, 4) is 0 Å². The number of sulfonamides is 1. The van der Waals surface area contributed by atoms with Crippen molar-refractivity contribution in [3.05, 3.63) is 12.5 Å². The number of hydrogen-bond acceptors (Lipinski definition) is 5. The fraction of sp³-hybridized carbons (Fsp3) is 0.812. The number of nitrogens with zero attached hydrogens (tertiary/aromatic N) is 4. The number of imidazole rings is 1. The van der Waals surface area contributed by atoms with Gasteiger partial charge in [0.25, 0.3) is 10.0 Å². The summed E-state index contributed by atoms with van der Waals surface area (Å²) in [6.07, 6.45) is 8.28. The Labute approximate surface area is 143 Å². The van der Waals surface area contributed by atoms with Gasteiger partial charge in [-0.15, -0.1) is 0 Å².